The van der Waals surface area contributed by atoms with E-state index in [0.29, 0.717) is 45.2 Å². The number of halogens is 3. The van der Waals surface area contributed by atoms with Crippen LogP contribution in [-0.4, -0.2) is 68.0 Å². The van der Waals surface area contributed by atoms with Crippen molar-refractivity contribution in [3.63, 3.8) is 0 Å². The van der Waals surface area contributed by atoms with Crippen molar-refractivity contribution in [2.24, 2.45) is 4.99 Å². The van der Waals surface area contributed by atoms with E-state index < -0.39 is 11.6 Å². The van der Waals surface area contributed by atoms with Gasteiger partial charge in [0.1, 0.15) is 11.6 Å². The summed E-state index contributed by atoms with van der Waals surface area (Å²) >= 11 is 0. The van der Waals surface area contributed by atoms with E-state index in [4.69, 9.17) is 0 Å². The molecule has 0 radical (unpaired) electrons. The molecule has 2 aromatic rings. The van der Waals surface area contributed by atoms with Crippen LogP contribution in [-0.2, 0) is 17.8 Å². The topological polar surface area (TPSA) is 51.2 Å². The first kappa shape index (κ1) is 24.2. The largest absolute Gasteiger partial charge is 0.366 e. The molecule has 2 aliphatic heterocycles. The number of aliphatic imine (C=N–C) groups is 1. The van der Waals surface area contributed by atoms with Gasteiger partial charge >= 0.3 is 0 Å². The summed E-state index contributed by atoms with van der Waals surface area (Å²) in [6.45, 7) is 3.80. The van der Waals surface area contributed by atoms with Crippen molar-refractivity contribution >= 4 is 41.5 Å². The highest BCUT2D eigenvalue weighted by Crippen LogP contribution is 2.22. The number of hydrogen-bond donors (Lipinski definition) is 1. The second-order valence-electron chi connectivity index (χ2n) is 7.80. The van der Waals surface area contributed by atoms with Crippen molar-refractivity contribution in [1.82, 2.24) is 15.1 Å². The summed E-state index contributed by atoms with van der Waals surface area (Å²) in [6.07, 6.45) is 0.870. The van der Waals surface area contributed by atoms with Crippen molar-refractivity contribution in [1.29, 1.82) is 0 Å². The van der Waals surface area contributed by atoms with Gasteiger partial charge in [-0.1, -0.05) is 24.3 Å². The Hall–Kier alpha value is -2.43. The lowest BCUT2D eigenvalue weighted by molar-refractivity contribution is -0.130. The summed E-state index contributed by atoms with van der Waals surface area (Å²) in [6, 6.07) is 11.7. The summed E-state index contributed by atoms with van der Waals surface area (Å²) in [5, 5.41) is 3.17. The molecule has 0 bridgehead atoms. The van der Waals surface area contributed by atoms with Crippen LogP contribution in [0.25, 0.3) is 0 Å². The Morgan fingerprint density at radius 2 is 1.72 bits per heavy atom. The zero-order valence-corrected chi connectivity index (χ0v) is 20.4. The van der Waals surface area contributed by atoms with Crippen LogP contribution < -0.4 is 10.2 Å². The van der Waals surface area contributed by atoms with Crippen LogP contribution in [0.15, 0.2) is 47.5 Å². The number of fused-ring (bicyclic) bond motifs is 1. The number of carbonyl (C=O) groups excluding carboxylic acids is 1. The number of amides is 1. The number of benzene rings is 2. The predicted octanol–water partition coefficient (Wildman–Crippen LogP) is 2.87. The van der Waals surface area contributed by atoms with Crippen molar-refractivity contribution < 1.29 is 13.6 Å². The summed E-state index contributed by atoms with van der Waals surface area (Å²) in [7, 11) is 1.68. The SMILES string of the molecule is CN=C(NCC(=O)N1CCc2ccccc2C1)N1CCN(c2cc(F)ccc2F)CC1.I. The summed E-state index contributed by atoms with van der Waals surface area (Å²) < 4.78 is 27.6. The molecule has 0 unspecified atom stereocenters. The maximum Gasteiger partial charge on any atom is 0.242 e. The fourth-order valence-electron chi connectivity index (χ4n) is 4.19. The second kappa shape index (κ2) is 10.9. The van der Waals surface area contributed by atoms with Gasteiger partial charge in [-0.05, 0) is 29.7 Å². The molecule has 172 valence electrons. The van der Waals surface area contributed by atoms with Crippen molar-refractivity contribution in [3.05, 3.63) is 65.2 Å². The Bertz CT molecular complexity index is 979. The molecule has 2 aromatic carbocycles. The van der Waals surface area contributed by atoms with E-state index in [-0.39, 0.29) is 42.1 Å². The smallest absolute Gasteiger partial charge is 0.242 e. The maximum atomic E-state index is 14.1. The second-order valence-corrected chi connectivity index (χ2v) is 7.80. The van der Waals surface area contributed by atoms with Crippen molar-refractivity contribution in [2.75, 3.05) is 51.2 Å². The van der Waals surface area contributed by atoms with Gasteiger partial charge in [-0.25, -0.2) is 8.78 Å². The van der Waals surface area contributed by atoms with Crippen LogP contribution in [0.1, 0.15) is 11.1 Å². The van der Waals surface area contributed by atoms with Gasteiger partial charge in [0, 0.05) is 52.4 Å². The molecule has 0 saturated carbocycles. The Morgan fingerprint density at radius 3 is 2.44 bits per heavy atom. The van der Waals surface area contributed by atoms with Gasteiger partial charge < -0.3 is 20.0 Å². The highest BCUT2D eigenvalue weighted by molar-refractivity contribution is 14.0. The Labute approximate surface area is 204 Å². The van der Waals surface area contributed by atoms with Crippen molar-refractivity contribution in [2.45, 2.75) is 13.0 Å². The third kappa shape index (κ3) is 5.48. The molecule has 4 rings (SSSR count). The van der Waals surface area contributed by atoms with Gasteiger partial charge in [0.25, 0.3) is 0 Å². The van der Waals surface area contributed by atoms with E-state index in [2.05, 4.69) is 22.4 Å². The number of piperazine rings is 1. The summed E-state index contributed by atoms with van der Waals surface area (Å²) in [5.74, 6) is -0.192. The number of guanidine groups is 1. The molecule has 32 heavy (non-hydrogen) atoms. The van der Waals surface area contributed by atoms with Crippen LogP contribution in [0.5, 0.6) is 0 Å². The number of nitrogens with one attached hydrogen (secondary N) is 1. The lowest BCUT2D eigenvalue weighted by atomic mass is 10.00. The zero-order valence-electron chi connectivity index (χ0n) is 18.1. The van der Waals surface area contributed by atoms with E-state index in [0.717, 1.165) is 18.6 Å². The van der Waals surface area contributed by atoms with E-state index in [9.17, 15) is 13.6 Å². The van der Waals surface area contributed by atoms with Crippen LogP contribution in [0.2, 0.25) is 0 Å². The molecule has 6 nitrogen and oxygen atoms in total. The molecule has 0 aliphatic carbocycles. The lowest BCUT2D eigenvalue weighted by Crippen LogP contribution is -2.54. The molecule has 9 heteroatoms. The molecular formula is C23H28F2IN5O. The molecule has 1 fully saturated rings. The van der Waals surface area contributed by atoms with E-state index in [1.807, 2.05) is 26.8 Å². The van der Waals surface area contributed by atoms with E-state index in [1.165, 1.54) is 17.2 Å². The van der Waals surface area contributed by atoms with Crippen LogP contribution in [0.4, 0.5) is 14.5 Å². The van der Waals surface area contributed by atoms with E-state index in [1.54, 1.807) is 7.05 Å². The maximum absolute atomic E-state index is 14.1. The average molecular weight is 555 g/mol. The van der Waals surface area contributed by atoms with Gasteiger partial charge in [-0.15, -0.1) is 24.0 Å². The Balaban J connectivity index is 0.00000289. The van der Waals surface area contributed by atoms with Crippen LogP contribution in [0, 0.1) is 11.6 Å². The first-order valence-corrected chi connectivity index (χ1v) is 10.6. The number of carbonyl (C=O) groups is 1. The van der Waals surface area contributed by atoms with Gasteiger partial charge in [-0.2, -0.15) is 0 Å². The quantitative estimate of drug-likeness (QED) is 0.360. The van der Waals surface area contributed by atoms with E-state index >= 15 is 0 Å². The predicted molar refractivity (Wildman–Crippen MR) is 132 cm³/mol. The highest BCUT2D eigenvalue weighted by atomic mass is 127. The minimum atomic E-state index is -0.449. The number of rotatable bonds is 3. The summed E-state index contributed by atoms with van der Waals surface area (Å²) in [5.41, 5.74) is 2.79. The van der Waals surface area contributed by atoms with Gasteiger partial charge in [-0.3, -0.25) is 9.79 Å². The Morgan fingerprint density at radius 1 is 1.00 bits per heavy atom. The van der Waals surface area contributed by atoms with Gasteiger partial charge in [0.2, 0.25) is 5.91 Å². The molecule has 1 saturated heterocycles. The number of nitrogens with zero attached hydrogens (tertiary/aromatic N) is 4. The fourth-order valence-corrected chi connectivity index (χ4v) is 4.19. The third-order valence-electron chi connectivity index (χ3n) is 5.92. The Kier molecular flexibility index (Phi) is 8.27. The molecule has 0 aromatic heterocycles. The average Bonchev–Trinajstić information content (AvgIpc) is 2.81. The van der Waals surface area contributed by atoms with Crippen molar-refractivity contribution in [3.8, 4) is 0 Å². The standard InChI is InChI=1S/C23H27F2N5O.HI/c1-26-23(27-15-22(31)30-9-8-17-4-2-3-5-18(17)16-30)29-12-10-28(11-13-29)21-14-19(24)6-7-20(21)25;/h2-7,14H,8-13,15-16H2,1H3,(H,26,27);1H. The lowest BCUT2D eigenvalue weighted by Gasteiger charge is -2.38. The fraction of sp³-hybridized carbons (Fsp3) is 0.391. The first-order chi connectivity index (χ1) is 15.0. The number of hydrogen-bond acceptors (Lipinski definition) is 3. The molecule has 2 aliphatic rings. The molecule has 0 atom stereocenters. The highest BCUT2D eigenvalue weighted by Gasteiger charge is 2.24. The molecule has 2 heterocycles. The molecule has 1 amide bonds. The van der Waals surface area contributed by atoms with Crippen LogP contribution >= 0.6 is 24.0 Å². The first-order valence-electron chi connectivity index (χ1n) is 10.6. The monoisotopic (exact) mass is 555 g/mol. The van der Waals surface area contributed by atoms with Gasteiger partial charge in [0.05, 0.1) is 12.2 Å². The van der Waals surface area contributed by atoms with Crippen LogP contribution in [0.3, 0.4) is 0 Å². The number of anilines is 1. The zero-order chi connectivity index (χ0) is 21.8. The van der Waals surface area contributed by atoms with Gasteiger partial charge in [0.15, 0.2) is 5.96 Å². The minimum Gasteiger partial charge on any atom is -0.366 e. The minimum absolute atomic E-state index is 0. The molecular weight excluding hydrogens is 527 g/mol. The third-order valence-corrected chi connectivity index (χ3v) is 5.92. The normalized spacial score (nSPS) is 16.3. The molecule has 0 spiro atoms. The molecule has 1 N–H and O–H groups in total. The summed E-state index contributed by atoms with van der Waals surface area (Å²) in [4.78, 5) is 22.8.